The van der Waals surface area contributed by atoms with Gasteiger partial charge in [-0.2, -0.15) is 0 Å². The van der Waals surface area contributed by atoms with Crippen molar-refractivity contribution in [1.82, 2.24) is 0 Å². The Morgan fingerprint density at radius 3 is 2.38 bits per heavy atom. The van der Waals surface area contributed by atoms with Crippen molar-refractivity contribution in [3.8, 4) is 5.75 Å². The predicted molar refractivity (Wildman–Crippen MR) is 126 cm³/mol. The van der Waals surface area contributed by atoms with Gasteiger partial charge in [-0.25, -0.2) is 0 Å². The van der Waals surface area contributed by atoms with Crippen LogP contribution in [0, 0.1) is 0 Å². The molecule has 3 heteroatoms. The van der Waals surface area contributed by atoms with Crippen LogP contribution in [0.1, 0.15) is 74.7 Å². The number of hydrogen-bond acceptors (Lipinski definition) is 3. The van der Waals surface area contributed by atoms with E-state index in [-0.39, 0.29) is 5.78 Å². The second kappa shape index (κ2) is 14.1. The maximum atomic E-state index is 12.5. The summed E-state index contributed by atoms with van der Waals surface area (Å²) in [6.07, 6.45) is 12.1. The van der Waals surface area contributed by atoms with Gasteiger partial charge in [0.15, 0.2) is 5.78 Å². The maximum Gasteiger partial charge on any atom is 0.185 e. The molecule has 2 nitrogen and oxygen atoms in total. The summed E-state index contributed by atoms with van der Waals surface area (Å²) in [6.45, 7) is 5.13. The van der Waals surface area contributed by atoms with Crippen LogP contribution in [0.25, 0.3) is 6.08 Å². The fourth-order valence-electron chi connectivity index (χ4n) is 3.01. The molecule has 0 unspecified atom stereocenters. The average molecular weight is 411 g/mol. The standard InChI is InChI=1S/C26H34O2S/c1-3-5-6-7-8-11-20-28-26-13-10-9-12-23(26)16-19-25(27)22-14-17-24(18-15-22)29-21-4-2/h9-10,12-19H,3-8,11,20-21H2,1-2H3/b19-16+. The highest BCUT2D eigenvalue weighted by atomic mass is 32.2. The van der Waals surface area contributed by atoms with Crippen LogP contribution in [0.4, 0.5) is 0 Å². The van der Waals surface area contributed by atoms with Crippen molar-refractivity contribution in [3.63, 3.8) is 0 Å². The van der Waals surface area contributed by atoms with Gasteiger partial charge in [-0.3, -0.25) is 4.79 Å². The fourth-order valence-corrected chi connectivity index (χ4v) is 3.78. The molecular weight excluding hydrogens is 376 g/mol. The molecule has 0 bridgehead atoms. The zero-order valence-electron chi connectivity index (χ0n) is 17.9. The van der Waals surface area contributed by atoms with Crippen LogP contribution in [0.5, 0.6) is 5.75 Å². The average Bonchev–Trinajstić information content (AvgIpc) is 2.76. The number of ether oxygens (including phenoxy) is 1. The van der Waals surface area contributed by atoms with Crippen molar-refractivity contribution < 1.29 is 9.53 Å². The Labute approximate surface area is 180 Å². The summed E-state index contributed by atoms with van der Waals surface area (Å²) < 4.78 is 5.97. The zero-order chi connectivity index (χ0) is 20.7. The zero-order valence-corrected chi connectivity index (χ0v) is 18.7. The van der Waals surface area contributed by atoms with E-state index in [1.807, 2.05) is 66.4 Å². The molecule has 2 rings (SSSR count). The summed E-state index contributed by atoms with van der Waals surface area (Å²) in [5.41, 5.74) is 1.66. The Morgan fingerprint density at radius 1 is 0.897 bits per heavy atom. The minimum Gasteiger partial charge on any atom is -0.493 e. The first-order valence-corrected chi connectivity index (χ1v) is 11.9. The van der Waals surface area contributed by atoms with Crippen molar-refractivity contribution in [1.29, 1.82) is 0 Å². The van der Waals surface area contributed by atoms with E-state index in [9.17, 15) is 4.79 Å². The van der Waals surface area contributed by atoms with Gasteiger partial charge in [-0.1, -0.05) is 64.2 Å². The first kappa shape index (κ1) is 23.3. The number of benzene rings is 2. The molecule has 0 radical (unpaired) electrons. The maximum absolute atomic E-state index is 12.5. The van der Waals surface area contributed by atoms with Crippen LogP contribution in [0.2, 0.25) is 0 Å². The van der Waals surface area contributed by atoms with Gasteiger partial charge < -0.3 is 4.74 Å². The topological polar surface area (TPSA) is 26.3 Å². The number of carbonyl (C=O) groups excluding carboxylic acids is 1. The summed E-state index contributed by atoms with van der Waals surface area (Å²) in [5, 5.41) is 0. The van der Waals surface area contributed by atoms with Crippen LogP contribution in [-0.4, -0.2) is 18.1 Å². The third kappa shape index (κ3) is 8.91. The van der Waals surface area contributed by atoms with Gasteiger partial charge in [-0.05, 0) is 61.1 Å². The largest absolute Gasteiger partial charge is 0.493 e. The van der Waals surface area contributed by atoms with E-state index in [1.165, 1.54) is 37.0 Å². The number of carbonyl (C=O) groups is 1. The Hall–Kier alpha value is -2.00. The van der Waals surface area contributed by atoms with Gasteiger partial charge in [0.25, 0.3) is 0 Å². The van der Waals surface area contributed by atoms with Crippen molar-refractivity contribution >= 4 is 23.6 Å². The number of para-hydroxylation sites is 1. The first-order chi connectivity index (χ1) is 14.2. The van der Waals surface area contributed by atoms with E-state index in [0.29, 0.717) is 5.56 Å². The second-order valence-corrected chi connectivity index (χ2v) is 8.39. The van der Waals surface area contributed by atoms with Crippen LogP contribution < -0.4 is 4.74 Å². The van der Waals surface area contributed by atoms with Crippen LogP contribution in [0.3, 0.4) is 0 Å². The van der Waals surface area contributed by atoms with Crippen LogP contribution >= 0.6 is 11.8 Å². The lowest BCUT2D eigenvalue weighted by Crippen LogP contribution is -1.99. The number of rotatable bonds is 14. The van der Waals surface area contributed by atoms with Gasteiger partial charge in [0.05, 0.1) is 6.61 Å². The van der Waals surface area contributed by atoms with Crippen molar-refractivity contribution in [2.75, 3.05) is 12.4 Å². The molecule has 0 fully saturated rings. The Morgan fingerprint density at radius 2 is 1.62 bits per heavy atom. The molecular formula is C26H34O2S. The molecule has 0 saturated carbocycles. The quantitative estimate of drug-likeness (QED) is 0.137. The number of unbranched alkanes of at least 4 members (excludes halogenated alkanes) is 5. The lowest BCUT2D eigenvalue weighted by molar-refractivity contribution is 0.104. The van der Waals surface area contributed by atoms with E-state index in [0.717, 1.165) is 36.5 Å². The molecule has 29 heavy (non-hydrogen) atoms. The Balaban J connectivity index is 1.87. The summed E-state index contributed by atoms with van der Waals surface area (Å²) in [5.74, 6) is 1.96. The monoisotopic (exact) mass is 410 g/mol. The molecule has 2 aromatic rings. The second-order valence-electron chi connectivity index (χ2n) is 7.22. The van der Waals surface area contributed by atoms with E-state index >= 15 is 0 Å². The Bertz CT molecular complexity index is 750. The highest BCUT2D eigenvalue weighted by Crippen LogP contribution is 2.22. The number of allylic oxidation sites excluding steroid dienone is 1. The van der Waals surface area contributed by atoms with Crippen molar-refractivity contribution in [2.45, 2.75) is 63.7 Å². The highest BCUT2D eigenvalue weighted by molar-refractivity contribution is 7.99. The Kier molecular flexibility index (Phi) is 11.3. The molecule has 2 aromatic carbocycles. The molecule has 0 amide bonds. The van der Waals surface area contributed by atoms with Gasteiger partial charge in [0.2, 0.25) is 0 Å². The molecule has 0 spiro atoms. The van der Waals surface area contributed by atoms with Crippen molar-refractivity contribution in [3.05, 3.63) is 65.7 Å². The minimum absolute atomic E-state index is 0.0165. The number of hydrogen-bond donors (Lipinski definition) is 0. The molecule has 0 aromatic heterocycles. The minimum atomic E-state index is 0.0165. The molecule has 0 aliphatic rings. The van der Waals surface area contributed by atoms with Crippen LogP contribution in [-0.2, 0) is 0 Å². The highest BCUT2D eigenvalue weighted by Gasteiger charge is 2.04. The van der Waals surface area contributed by atoms with Crippen LogP contribution in [0.15, 0.2) is 59.5 Å². The SMILES string of the molecule is CCCCCCCCOc1ccccc1/C=C/C(=O)c1ccc(SCCC)cc1. The third-order valence-electron chi connectivity index (χ3n) is 4.70. The molecule has 156 valence electrons. The molecule has 0 heterocycles. The molecule has 0 aliphatic heterocycles. The molecule has 0 aliphatic carbocycles. The molecule has 0 N–H and O–H groups in total. The third-order valence-corrected chi connectivity index (χ3v) is 5.92. The van der Waals surface area contributed by atoms with E-state index in [4.69, 9.17) is 4.74 Å². The fraction of sp³-hybridized carbons (Fsp3) is 0.423. The molecule has 0 atom stereocenters. The van der Waals surface area contributed by atoms with Gasteiger partial charge in [0, 0.05) is 16.0 Å². The normalized spacial score (nSPS) is 11.1. The number of thioether (sulfide) groups is 1. The summed E-state index contributed by atoms with van der Waals surface area (Å²) in [7, 11) is 0. The lowest BCUT2D eigenvalue weighted by atomic mass is 10.1. The van der Waals surface area contributed by atoms with E-state index in [1.54, 1.807) is 6.08 Å². The first-order valence-electron chi connectivity index (χ1n) is 10.9. The van der Waals surface area contributed by atoms with Gasteiger partial charge in [-0.15, -0.1) is 11.8 Å². The summed E-state index contributed by atoms with van der Waals surface area (Å²) in [6, 6.07) is 15.8. The van der Waals surface area contributed by atoms with E-state index in [2.05, 4.69) is 13.8 Å². The van der Waals surface area contributed by atoms with Gasteiger partial charge >= 0.3 is 0 Å². The number of ketones is 1. The smallest absolute Gasteiger partial charge is 0.185 e. The van der Waals surface area contributed by atoms with Crippen molar-refractivity contribution in [2.24, 2.45) is 0 Å². The van der Waals surface area contributed by atoms with E-state index < -0.39 is 0 Å². The predicted octanol–water partition coefficient (Wildman–Crippen LogP) is 7.82. The molecule has 0 saturated heterocycles. The lowest BCUT2D eigenvalue weighted by Gasteiger charge is -2.09. The summed E-state index contributed by atoms with van der Waals surface area (Å²) >= 11 is 1.82. The van der Waals surface area contributed by atoms with Gasteiger partial charge in [0.1, 0.15) is 5.75 Å². The summed E-state index contributed by atoms with van der Waals surface area (Å²) in [4.78, 5) is 13.7.